The Hall–Kier alpha value is -0.990. The summed E-state index contributed by atoms with van der Waals surface area (Å²) in [6, 6.07) is 0. The molecule has 0 aliphatic rings. The lowest BCUT2D eigenvalue weighted by atomic mass is 10.1. The van der Waals surface area contributed by atoms with Gasteiger partial charge >= 0.3 is 6.16 Å². The predicted molar refractivity (Wildman–Crippen MR) is 51.6 cm³/mol. The maximum atomic E-state index is 10.6. The molecule has 0 N–H and O–H groups in total. The smallest absolute Gasteiger partial charge is 0.438 e. The van der Waals surface area contributed by atoms with Crippen molar-refractivity contribution in [3.05, 3.63) is 11.6 Å². The minimum Gasteiger partial charge on any atom is -0.438 e. The van der Waals surface area contributed by atoms with Crippen LogP contribution in [0.3, 0.4) is 0 Å². The second-order valence-corrected chi connectivity index (χ2v) is 2.79. The van der Waals surface area contributed by atoms with Crippen LogP contribution in [0.2, 0.25) is 0 Å². The van der Waals surface area contributed by atoms with Gasteiger partial charge in [-0.05, 0) is 25.3 Å². The Morgan fingerprint density at radius 2 is 2.15 bits per heavy atom. The molecule has 0 atom stereocenters. The summed E-state index contributed by atoms with van der Waals surface area (Å²) < 4.78 is 9.17. The van der Waals surface area contributed by atoms with E-state index < -0.39 is 6.16 Å². The van der Waals surface area contributed by atoms with Gasteiger partial charge in [-0.25, -0.2) is 4.79 Å². The highest BCUT2D eigenvalue weighted by atomic mass is 16.7. The van der Waals surface area contributed by atoms with Crippen LogP contribution in [-0.4, -0.2) is 19.9 Å². The second kappa shape index (κ2) is 7.65. The third kappa shape index (κ3) is 6.20. The number of carbonyl (C=O) groups excluding carboxylic acids is 1. The van der Waals surface area contributed by atoms with Gasteiger partial charge in [-0.1, -0.05) is 19.4 Å². The van der Waals surface area contributed by atoms with Gasteiger partial charge in [0.1, 0.15) is 6.61 Å². The van der Waals surface area contributed by atoms with Gasteiger partial charge in [-0.3, -0.25) is 0 Å². The fourth-order valence-electron chi connectivity index (χ4n) is 0.914. The molecular formula is C10H18O3. The van der Waals surface area contributed by atoms with Gasteiger partial charge in [0, 0.05) is 0 Å². The zero-order chi connectivity index (χ0) is 10.1. The lowest BCUT2D eigenvalue weighted by Gasteiger charge is -2.06. The number of hydrogen-bond donors (Lipinski definition) is 0. The Morgan fingerprint density at radius 3 is 2.62 bits per heavy atom. The van der Waals surface area contributed by atoms with E-state index in [-0.39, 0.29) is 0 Å². The molecule has 0 bridgehead atoms. The lowest BCUT2D eigenvalue weighted by Crippen LogP contribution is -2.07. The van der Waals surface area contributed by atoms with Crippen molar-refractivity contribution < 1.29 is 14.3 Å². The van der Waals surface area contributed by atoms with Crippen molar-refractivity contribution in [3.8, 4) is 0 Å². The molecule has 3 nitrogen and oxygen atoms in total. The Bertz CT molecular complexity index is 173. The second-order valence-electron chi connectivity index (χ2n) is 2.79. The van der Waals surface area contributed by atoms with Gasteiger partial charge in [0.05, 0.1) is 7.11 Å². The molecule has 0 aliphatic carbocycles. The molecular weight excluding hydrogens is 168 g/mol. The third-order valence-electron chi connectivity index (χ3n) is 1.80. The van der Waals surface area contributed by atoms with Gasteiger partial charge < -0.3 is 9.47 Å². The minimum atomic E-state index is -0.615. The first-order chi connectivity index (χ1) is 6.24. The van der Waals surface area contributed by atoms with Gasteiger partial charge in [0.25, 0.3) is 0 Å². The van der Waals surface area contributed by atoms with Gasteiger partial charge in [0.2, 0.25) is 0 Å². The largest absolute Gasteiger partial charge is 0.508 e. The molecule has 0 saturated carbocycles. The number of unbranched alkanes of at least 4 members (excludes halogenated alkanes) is 1. The summed E-state index contributed by atoms with van der Waals surface area (Å²) >= 11 is 0. The van der Waals surface area contributed by atoms with E-state index in [1.807, 2.05) is 13.0 Å². The van der Waals surface area contributed by atoms with E-state index in [0.717, 1.165) is 24.8 Å². The first kappa shape index (κ1) is 12.0. The van der Waals surface area contributed by atoms with Crippen molar-refractivity contribution in [1.29, 1.82) is 0 Å². The Balaban J connectivity index is 3.67. The lowest BCUT2D eigenvalue weighted by molar-refractivity contribution is 0.0792. The summed E-state index contributed by atoms with van der Waals surface area (Å²) in [6.07, 6.45) is 4.64. The van der Waals surface area contributed by atoms with Crippen molar-refractivity contribution >= 4 is 6.16 Å². The summed E-state index contributed by atoms with van der Waals surface area (Å²) in [5, 5.41) is 0. The molecule has 0 aromatic carbocycles. The van der Waals surface area contributed by atoms with Crippen LogP contribution < -0.4 is 0 Å². The summed E-state index contributed by atoms with van der Waals surface area (Å²) in [5.74, 6) is 0. The topological polar surface area (TPSA) is 35.5 Å². The monoisotopic (exact) mass is 186 g/mol. The molecule has 0 aromatic heterocycles. The number of carbonyl (C=O) groups is 1. The number of allylic oxidation sites excluding steroid dienone is 1. The van der Waals surface area contributed by atoms with Crippen molar-refractivity contribution in [2.45, 2.75) is 33.1 Å². The van der Waals surface area contributed by atoms with Crippen LogP contribution in [0.1, 0.15) is 33.1 Å². The van der Waals surface area contributed by atoms with E-state index in [1.54, 1.807) is 0 Å². The molecule has 0 heterocycles. The molecule has 0 radical (unpaired) electrons. The van der Waals surface area contributed by atoms with Gasteiger partial charge in [-0.15, -0.1) is 0 Å². The van der Waals surface area contributed by atoms with Crippen LogP contribution in [0.15, 0.2) is 11.6 Å². The number of rotatable bonds is 5. The summed E-state index contributed by atoms with van der Waals surface area (Å²) in [7, 11) is 1.31. The molecule has 76 valence electrons. The highest BCUT2D eigenvalue weighted by Crippen LogP contribution is 2.07. The van der Waals surface area contributed by atoms with Gasteiger partial charge in [0.15, 0.2) is 0 Å². The van der Waals surface area contributed by atoms with Crippen LogP contribution in [0.25, 0.3) is 0 Å². The maximum absolute atomic E-state index is 10.6. The fraction of sp³-hybridized carbons (Fsp3) is 0.700. The third-order valence-corrected chi connectivity index (χ3v) is 1.80. The molecule has 0 amide bonds. The van der Waals surface area contributed by atoms with Crippen molar-refractivity contribution in [3.63, 3.8) is 0 Å². The van der Waals surface area contributed by atoms with E-state index in [0.29, 0.717) is 6.61 Å². The van der Waals surface area contributed by atoms with E-state index in [1.165, 1.54) is 7.11 Å². The molecule has 0 fully saturated rings. The highest BCUT2D eigenvalue weighted by Gasteiger charge is 2.02. The molecule has 0 unspecified atom stereocenters. The zero-order valence-electron chi connectivity index (χ0n) is 8.63. The highest BCUT2D eigenvalue weighted by molar-refractivity contribution is 5.59. The number of ether oxygens (including phenoxy) is 2. The molecule has 0 spiro atoms. The van der Waals surface area contributed by atoms with Crippen LogP contribution in [0.5, 0.6) is 0 Å². The van der Waals surface area contributed by atoms with Gasteiger partial charge in [-0.2, -0.15) is 0 Å². The van der Waals surface area contributed by atoms with Crippen LogP contribution in [0.4, 0.5) is 4.79 Å². The summed E-state index contributed by atoms with van der Waals surface area (Å²) in [5.41, 5.74) is 1.15. The maximum Gasteiger partial charge on any atom is 0.508 e. The van der Waals surface area contributed by atoms with Crippen LogP contribution in [-0.2, 0) is 9.47 Å². The fourth-order valence-corrected chi connectivity index (χ4v) is 0.914. The molecule has 0 aliphatic heterocycles. The minimum absolute atomic E-state index is 0.350. The Morgan fingerprint density at radius 1 is 1.46 bits per heavy atom. The molecule has 0 aromatic rings. The van der Waals surface area contributed by atoms with Crippen LogP contribution in [0, 0.1) is 0 Å². The van der Waals surface area contributed by atoms with E-state index in [2.05, 4.69) is 11.7 Å². The average molecular weight is 186 g/mol. The predicted octanol–water partition coefficient (Wildman–Crippen LogP) is 2.91. The number of methoxy groups -OCH3 is 1. The quantitative estimate of drug-likeness (QED) is 0.489. The molecule has 3 heteroatoms. The Kier molecular flexibility index (Phi) is 7.07. The molecule has 13 heavy (non-hydrogen) atoms. The first-order valence-electron chi connectivity index (χ1n) is 4.59. The summed E-state index contributed by atoms with van der Waals surface area (Å²) in [6.45, 7) is 4.43. The van der Waals surface area contributed by atoms with Crippen molar-refractivity contribution in [2.24, 2.45) is 0 Å². The summed E-state index contributed by atoms with van der Waals surface area (Å²) in [4.78, 5) is 10.6. The SMILES string of the molecule is CC=C(CCCC)COC(=O)OC. The molecule has 0 saturated heterocycles. The van der Waals surface area contributed by atoms with Crippen molar-refractivity contribution in [1.82, 2.24) is 0 Å². The molecule has 0 rings (SSSR count). The average Bonchev–Trinajstić information content (AvgIpc) is 2.17. The van der Waals surface area contributed by atoms with Crippen molar-refractivity contribution in [2.75, 3.05) is 13.7 Å². The number of hydrogen-bond acceptors (Lipinski definition) is 3. The van der Waals surface area contributed by atoms with E-state index in [9.17, 15) is 4.79 Å². The standard InChI is InChI=1S/C10H18O3/c1-4-6-7-9(5-2)8-13-10(11)12-3/h5H,4,6-8H2,1-3H3. The normalized spacial score (nSPS) is 11.2. The zero-order valence-corrected chi connectivity index (χ0v) is 8.63. The van der Waals surface area contributed by atoms with Crippen LogP contribution >= 0.6 is 0 Å². The Labute approximate surface area is 79.7 Å². The first-order valence-corrected chi connectivity index (χ1v) is 4.59. The van der Waals surface area contributed by atoms with E-state index in [4.69, 9.17) is 4.74 Å². The van der Waals surface area contributed by atoms with E-state index >= 15 is 0 Å².